The maximum Gasteiger partial charge on any atom is 0.240 e. The number of halogens is 2. The quantitative estimate of drug-likeness (QED) is 0.712. The van der Waals surface area contributed by atoms with Crippen molar-refractivity contribution in [1.29, 1.82) is 0 Å². The number of hydrogen-bond donors (Lipinski definition) is 1. The minimum Gasteiger partial charge on any atom is -0.378 e. The van der Waals surface area contributed by atoms with Gasteiger partial charge in [-0.2, -0.15) is 0 Å². The van der Waals surface area contributed by atoms with Gasteiger partial charge in [0, 0.05) is 31.2 Å². The number of ether oxygens (including phenoxy) is 1. The van der Waals surface area contributed by atoms with Crippen LogP contribution in [0, 0.1) is 5.82 Å². The van der Waals surface area contributed by atoms with E-state index in [1.165, 1.54) is 12.1 Å². The number of fused-ring (bicyclic) bond motifs is 1. The van der Waals surface area contributed by atoms with Gasteiger partial charge >= 0.3 is 0 Å². The van der Waals surface area contributed by atoms with Crippen LogP contribution in [0.2, 0.25) is 5.02 Å². The predicted octanol–water partition coefficient (Wildman–Crippen LogP) is 2.98. The first-order valence-electron chi connectivity index (χ1n) is 9.09. The van der Waals surface area contributed by atoms with Gasteiger partial charge < -0.3 is 19.5 Å². The fourth-order valence-corrected chi connectivity index (χ4v) is 3.41. The summed E-state index contributed by atoms with van der Waals surface area (Å²) in [5, 5.41) is 3.86. The average Bonchev–Trinajstić information content (AvgIpc) is 3.11. The average molecular weight is 403 g/mol. The van der Waals surface area contributed by atoms with E-state index in [-0.39, 0.29) is 24.0 Å². The van der Waals surface area contributed by atoms with E-state index in [1.54, 1.807) is 6.07 Å². The Morgan fingerprint density at radius 2 is 2.04 bits per heavy atom. The molecule has 1 aliphatic heterocycles. The van der Waals surface area contributed by atoms with E-state index in [9.17, 15) is 9.18 Å². The zero-order chi connectivity index (χ0) is 19.5. The molecule has 8 heteroatoms. The molecule has 4 rings (SSSR count). The van der Waals surface area contributed by atoms with Gasteiger partial charge in [0.25, 0.3) is 0 Å². The summed E-state index contributed by atoms with van der Waals surface area (Å²) >= 11 is 5.78. The SMILES string of the molecule is O=C(Cn1ccc2ccc(N3CCOCC3)nc21)NCc1ccc(F)c(Cl)c1. The summed E-state index contributed by atoms with van der Waals surface area (Å²) in [6.45, 7) is 3.43. The Balaban J connectivity index is 1.44. The molecule has 0 radical (unpaired) electrons. The Labute approximate surface area is 166 Å². The first kappa shape index (κ1) is 18.7. The number of benzene rings is 1. The number of morpholine rings is 1. The van der Waals surface area contributed by atoms with Crippen molar-refractivity contribution < 1.29 is 13.9 Å². The number of amides is 1. The lowest BCUT2D eigenvalue weighted by Crippen LogP contribution is -2.36. The molecule has 1 fully saturated rings. The van der Waals surface area contributed by atoms with Crippen molar-refractivity contribution >= 4 is 34.4 Å². The van der Waals surface area contributed by atoms with Crippen LogP contribution in [-0.2, 0) is 22.6 Å². The molecule has 1 aromatic carbocycles. The summed E-state index contributed by atoms with van der Waals surface area (Å²) in [7, 11) is 0. The molecule has 0 saturated carbocycles. The maximum absolute atomic E-state index is 13.2. The summed E-state index contributed by atoms with van der Waals surface area (Å²) in [5.74, 6) is 0.256. The molecule has 0 spiro atoms. The van der Waals surface area contributed by atoms with Gasteiger partial charge in [0.1, 0.15) is 23.8 Å². The Hall–Kier alpha value is -2.64. The molecule has 146 valence electrons. The number of carbonyl (C=O) groups is 1. The van der Waals surface area contributed by atoms with Crippen LogP contribution >= 0.6 is 11.6 Å². The van der Waals surface area contributed by atoms with Crippen LogP contribution in [0.4, 0.5) is 10.2 Å². The fraction of sp³-hybridized carbons (Fsp3) is 0.300. The first-order chi connectivity index (χ1) is 13.6. The van der Waals surface area contributed by atoms with Crippen molar-refractivity contribution in [2.75, 3.05) is 31.2 Å². The molecule has 2 aromatic heterocycles. The standard InChI is InChI=1S/C20H20ClFN4O2/c21-16-11-14(1-3-17(16)22)12-23-19(27)13-26-6-5-15-2-4-18(24-20(15)26)25-7-9-28-10-8-25/h1-6,11H,7-10,12-13H2,(H,23,27). The van der Waals surface area contributed by atoms with E-state index in [0.29, 0.717) is 13.2 Å². The third-order valence-electron chi connectivity index (χ3n) is 4.72. The zero-order valence-electron chi connectivity index (χ0n) is 15.2. The molecule has 1 saturated heterocycles. The Kier molecular flexibility index (Phi) is 5.45. The molecule has 0 atom stereocenters. The van der Waals surface area contributed by atoms with Crippen molar-refractivity contribution in [2.45, 2.75) is 13.1 Å². The molecule has 1 aliphatic rings. The number of nitrogens with one attached hydrogen (secondary N) is 1. The number of anilines is 1. The Bertz CT molecular complexity index is 1000. The Morgan fingerprint density at radius 1 is 1.21 bits per heavy atom. The lowest BCUT2D eigenvalue weighted by molar-refractivity contribution is -0.121. The topological polar surface area (TPSA) is 59.4 Å². The van der Waals surface area contributed by atoms with Gasteiger partial charge in [-0.15, -0.1) is 0 Å². The second-order valence-electron chi connectivity index (χ2n) is 6.65. The van der Waals surface area contributed by atoms with Gasteiger partial charge in [0.2, 0.25) is 5.91 Å². The summed E-state index contributed by atoms with van der Waals surface area (Å²) < 4.78 is 20.4. The summed E-state index contributed by atoms with van der Waals surface area (Å²) in [4.78, 5) is 19.3. The second-order valence-corrected chi connectivity index (χ2v) is 7.06. The Morgan fingerprint density at radius 3 is 2.82 bits per heavy atom. The largest absolute Gasteiger partial charge is 0.378 e. The number of pyridine rings is 1. The second kappa shape index (κ2) is 8.16. The molecule has 0 unspecified atom stereocenters. The number of aromatic nitrogens is 2. The van der Waals surface area contributed by atoms with Crippen molar-refractivity contribution in [1.82, 2.24) is 14.9 Å². The number of rotatable bonds is 5. The maximum atomic E-state index is 13.2. The molecule has 28 heavy (non-hydrogen) atoms. The van der Waals surface area contributed by atoms with Gasteiger partial charge in [-0.05, 0) is 35.9 Å². The predicted molar refractivity (Wildman–Crippen MR) is 106 cm³/mol. The monoisotopic (exact) mass is 402 g/mol. The van der Waals surface area contributed by atoms with E-state index in [2.05, 4.69) is 10.2 Å². The van der Waals surface area contributed by atoms with Crippen LogP contribution in [-0.4, -0.2) is 41.8 Å². The molecule has 1 N–H and O–H groups in total. The van der Waals surface area contributed by atoms with Gasteiger partial charge in [-0.3, -0.25) is 4.79 Å². The van der Waals surface area contributed by atoms with Crippen molar-refractivity contribution in [2.24, 2.45) is 0 Å². The van der Waals surface area contributed by atoms with E-state index >= 15 is 0 Å². The van der Waals surface area contributed by atoms with Gasteiger partial charge in [-0.1, -0.05) is 17.7 Å². The van der Waals surface area contributed by atoms with Crippen LogP contribution in [0.15, 0.2) is 42.6 Å². The molecule has 3 aromatic rings. The van der Waals surface area contributed by atoms with Gasteiger partial charge in [0.15, 0.2) is 0 Å². The summed E-state index contributed by atoms with van der Waals surface area (Å²) in [6.07, 6.45) is 1.86. The zero-order valence-corrected chi connectivity index (χ0v) is 16.0. The number of nitrogens with zero attached hydrogens (tertiary/aromatic N) is 3. The molecular formula is C20H20ClFN4O2. The number of hydrogen-bond acceptors (Lipinski definition) is 4. The van der Waals surface area contributed by atoms with Crippen molar-refractivity contribution in [3.05, 3.63) is 59.0 Å². The highest BCUT2D eigenvalue weighted by molar-refractivity contribution is 6.30. The lowest BCUT2D eigenvalue weighted by Gasteiger charge is -2.27. The smallest absolute Gasteiger partial charge is 0.240 e. The minimum atomic E-state index is -0.474. The highest BCUT2D eigenvalue weighted by Crippen LogP contribution is 2.20. The third kappa shape index (κ3) is 4.10. The molecule has 3 heterocycles. The van der Waals surface area contributed by atoms with Crippen molar-refractivity contribution in [3.8, 4) is 0 Å². The summed E-state index contributed by atoms with van der Waals surface area (Å²) in [5.41, 5.74) is 1.51. The van der Waals surface area contributed by atoms with Crippen LogP contribution in [0.1, 0.15) is 5.56 Å². The fourth-order valence-electron chi connectivity index (χ4n) is 3.21. The van der Waals surface area contributed by atoms with Crippen molar-refractivity contribution in [3.63, 3.8) is 0 Å². The van der Waals surface area contributed by atoms with Crippen LogP contribution in [0.25, 0.3) is 11.0 Å². The molecule has 0 aliphatic carbocycles. The van der Waals surface area contributed by atoms with Gasteiger partial charge in [-0.25, -0.2) is 9.37 Å². The normalized spacial score (nSPS) is 14.4. The van der Waals surface area contributed by atoms with E-state index in [1.807, 2.05) is 29.0 Å². The van der Waals surface area contributed by atoms with Crippen LogP contribution in [0.3, 0.4) is 0 Å². The molecule has 6 nitrogen and oxygen atoms in total. The highest BCUT2D eigenvalue weighted by Gasteiger charge is 2.14. The minimum absolute atomic E-state index is 0.0444. The first-order valence-corrected chi connectivity index (χ1v) is 9.47. The van der Waals surface area contributed by atoms with Gasteiger partial charge in [0.05, 0.1) is 18.2 Å². The van der Waals surface area contributed by atoms with E-state index in [0.717, 1.165) is 35.5 Å². The highest BCUT2D eigenvalue weighted by atomic mass is 35.5. The van der Waals surface area contributed by atoms with E-state index < -0.39 is 5.82 Å². The van der Waals surface area contributed by atoms with Crippen LogP contribution in [0.5, 0.6) is 0 Å². The summed E-state index contributed by atoms with van der Waals surface area (Å²) in [6, 6.07) is 10.4. The number of carbonyl (C=O) groups excluding carboxylic acids is 1. The lowest BCUT2D eigenvalue weighted by atomic mass is 10.2. The van der Waals surface area contributed by atoms with E-state index in [4.69, 9.17) is 21.3 Å². The van der Waals surface area contributed by atoms with Crippen LogP contribution < -0.4 is 10.2 Å². The molecule has 0 bridgehead atoms. The third-order valence-corrected chi connectivity index (χ3v) is 5.01. The molecular weight excluding hydrogens is 383 g/mol. The molecule has 1 amide bonds.